The second kappa shape index (κ2) is 10.4. The number of ether oxygens (including phenoxy) is 1. The molecule has 2 N–H and O–H groups in total. The van der Waals surface area contributed by atoms with Crippen LogP contribution in [0.5, 0.6) is 5.75 Å². The highest BCUT2D eigenvalue weighted by atomic mass is 35.5. The van der Waals surface area contributed by atoms with Gasteiger partial charge in [-0.25, -0.2) is 0 Å². The summed E-state index contributed by atoms with van der Waals surface area (Å²) in [5, 5.41) is 6.34. The Morgan fingerprint density at radius 2 is 2.00 bits per heavy atom. The van der Waals surface area contributed by atoms with Crippen LogP contribution in [-0.2, 0) is 11.3 Å². The normalized spacial score (nSPS) is 14.9. The third kappa shape index (κ3) is 6.18. The van der Waals surface area contributed by atoms with Crippen molar-refractivity contribution in [2.24, 2.45) is 0 Å². The van der Waals surface area contributed by atoms with E-state index in [9.17, 15) is 9.59 Å². The van der Waals surface area contributed by atoms with Crippen molar-refractivity contribution in [3.05, 3.63) is 52.8 Å². The van der Waals surface area contributed by atoms with Crippen molar-refractivity contribution in [3.63, 3.8) is 0 Å². The lowest BCUT2D eigenvalue weighted by atomic mass is 10.0. The smallest absolute Gasteiger partial charge is 0.253 e. The van der Waals surface area contributed by atoms with Gasteiger partial charge >= 0.3 is 0 Å². The summed E-state index contributed by atoms with van der Waals surface area (Å²) in [6, 6.07) is 7.64. The first-order valence-corrected chi connectivity index (χ1v) is 10.5. The zero-order valence-corrected chi connectivity index (χ0v) is 18.0. The molecule has 30 heavy (non-hydrogen) atoms. The molecule has 160 valence electrons. The Morgan fingerprint density at radius 3 is 2.70 bits per heavy atom. The molecule has 1 saturated heterocycles. The molecule has 0 spiro atoms. The third-order valence-electron chi connectivity index (χ3n) is 4.95. The fourth-order valence-electron chi connectivity index (χ4n) is 3.51. The standard InChI is InChI=1S/C22H27ClN4O3/c1-3-30-21-10-16(4-5-20(21)23)14-27-8-6-18(7-9-27)26-22(29)17-11-19(13-24-12-17)25-15(2)28/h4-5,10-13,18H,3,6-9,14H2,1-2H3,(H,25,28)(H,26,29). The number of amides is 2. The molecule has 0 radical (unpaired) electrons. The first-order chi connectivity index (χ1) is 14.4. The second-order valence-electron chi connectivity index (χ2n) is 7.37. The minimum atomic E-state index is -0.198. The number of likely N-dealkylation sites (tertiary alicyclic amines) is 1. The van der Waals surface area contributed by atoms with E-state index in [1.807, 2.05) is 25.1 Å². The molecule has 1 fully saturated rings. The van der Waals surface area contributed by atoms with Gasteiger partial charge < -0.3 is 15.4 Å². The molecule has 1 aliphatic heterocycles. The molecule has 0 atom stereocenters. The molecule has 0 aliphatic carbocycles. The van der Waals surface area contributed by atoms with E-state index in [0.29, 0.717) is 28.6 Å². The molecular weight excluding hydrogens is 404 g/mol. The predicted molar refractivity (Wildman–Crippen MR) is 117 cm³/mol. The van der Waals surface area contributed by atoms with Gasteiger partial charge in [-0.3, -0.25) is 19.5 Å². The number of rotatable bonds is 7. The quantitative estimate of drug-likeness (QED) is 0.702. The maximum Gasteiger partial charge on any atom is 0.253 e. The number of anilines is 1. The molecule has 0 saturated carbocycles. The van der Waals surface area contributed by atoms with E-state index in [0.717, 1.165) is 38.0 Å². The molecule has 0 unspecified atom stereocenters. The summed E-state index contributed by atoms with van der Waals surface area (Å²) in [5.41, 5.74) is 2.11. The van der Waals surface area contributed by atoms with E-state index in [1.165, 1.54) is 19.3 Å². The van der Waals surface area contributed by atoms with Gasteiger partial charge in [0.05, 0.1) is 29.1 Å². The van der Waals surface area contributed by atoms with Crippen molar-refractivity contribution in [2.75, 3.05) is 25.0 Å². The molecule has 1 aliphatic rings. The highest BCUT2D eigenvalue weighted by Gasteiger charge is 2.22. The topological polar surface area (TPSA) is 83.6 Å². The van der Waals surface area contributed by atoms with Crippen LogP contribution in [0.25, 0.3) is 0 Å². The fraction of sp³-hybridized carbons (Fsp3) is 0.409. The summed E-state index contributed by atoms with van der Waals surface area (Å²) in [6.45, 7) is 6.54. The lowest BCUT2D eigenvalue weighted by Gasteiger charge is -2.32. The van der Waals surface area contributed by atoms with Gasteiger partial charge in [0.1, 0.15) is 5.75 Å². The Hall–Kier alpha value is -2.64. The van der Waals surface area contributed by atoms with E-state index in [2.05, 4.69) is 20.5 Å². The Kier molecular flexibility index (Phi) is 7.65. The third-order valence-corrected chi connectivity index (χ3v) is 5.26. The summed E-state index contributed by atoms with van der Waals surface area (Å²) in [7, 11) is 0. The number of benzene rings is 1. The van der Waals surface area contributed by atoms with Crippen molar-refractivity contribution in [2.45, 2.75) is 39.3 Å². The predicted octanol–water partition coefficient (Wildman–Crippen LogP) is 3.49. The Bertz CT molecular complexity index is 898. The van der Waals surface area contributed by atoms with E-state index in [1.54, 1.807) is 6.07 Å². The number of pyridine rings is 1. The van der Waals surface area contributed by atoms with Crippen LogP contribution in [0.4, 0.5) is 5.69 Å². The average Bonchev–Trinajstić information content (AvgIpc) is 2.72. The van der Waals surface area contributed by atoms with Gasteiger partial charge in [0.2, 0.25) is 5.91 Å². The molecule has 2 aromatic rings. The lowest BCUT2D eigenvalue weighted by Crippen LogP contribution is -2.44. The van der Waals surface area contributed by atoms with E-state index in [-0.39, 0.29) is 17.9 Å². The monoisotopic (exact) mass is 430 g/mol. The van der Waals surface area contributed by atoms with Crippen LogP contribution in [0.15, 0.2) is 36.7 Å². The first-order valence-electron chi connectivity index (χ1n) is 10.1. The molecule has 2 heterocycles. The largest absolute Gasteiger partial charge is 0.492 e. The van der Waals surface area contributed by atoms with Gasteiger partial charge in [0, 0.05) is 38.8 Å². The number of piperidine rings is 1. The van der Waals surface area contributed by atoms with Crippen molar-refractivity contribution in [3.8, 4) is 5.75 Å². The molecular formula is C22H27ClN4O3. The summed E-state index contributed by atoms with van der Waals surface area (Å²) in [6.07, 6.45) is 4.77. The molecule has 1 aromatic heterocycles. The SMILES string of the molecule is CCOc1cc(CN2CCC(NC(=O)c3cncc(NC(C)=O)c3)CC2)ccc1Cl. The second-order valence-corrected chi connectivity index (χ2v) is 7.77. The van der Waals surface area contributed by atoms with Gasteiger partial charge in [-0.05, 0) is 43.5 Å². The van der Waals surface area contributed by atoms with E-state index < -0.39 is 0 Å². The Morgan fingerprint density at radius 1 is 1.23 bits per heavy atom. The summed E-state index contributed by atoms with van der Waals surface area (Å²) >= 11 is 6.17. The Labute approximate surface area is 181 Å². The van der Waals surface area contributed by atoms with Crippen LogP contribution in [-0.4, -0.2) is 47.4 Å². The highest BCUT2D eigenvalue weighted by molar-refractivity contribution is 6.32. The van der Waals surface area contributed by atoms with Crippen molar-refractivity contribution < 1.29 is 14.3 Å². The molecule has 8 heteroatoms. The van der Waals surface area contributed by atoms with E-state index >= 15 is 0 Å². The minimum Gasteiger partial charge on any atom is -0.492 e. The van der Waals surface area contributed by atoms with Crippen LogP contribution >= 0.6 is 11.6 Å². The van der Waals surface area contributed by atoms with Gasteiger partial charge in [-0.2, -0.15) is 0 Å². The number of carbonyl (C=O) groups excluding carboxylic acids is 2. The van der Waals surface area contributed by atoms with Crippen LogP contribution in [0, 0.1) is 0 Å². The molecule has 2 amide bonds. The number of carbonyl (C=O) groups is 2. The zero-order chi connectivity index (χ0) is 21.5. The maximum absolute atomic E-state index is 12.6. The van der Waals surface area contributed by atoms with Gasteiger partial charge in [0.15, 0.2) is 0 Å². The number of nitrogens with one attached hydrogen (secondary N) is 2. The van der Waals surface area contributed by atoms with Crippen molar-refractivity contribution >= 4 is 29.1 Å². The molecule has 1 aromatic carbocycles. The molecule has 0 bridgehead atoms. The number of aromatic nitrogens is 1. The number of hydrogen-bond acceptors (Lipinski definition) is 5. The molecule has 7 nitrogen and oxygen atoms in total. The molecule has 3 rings (SSSR count). The fourth-order valence-corrected chi connectivity index (χ4v) is 3.68. The Balaban J connectivity index is 1.50. The van der Waals surface area contributed by atoms with Gasteiger partial charge in [0.25, 0.3) is 5.91 Å². The lowest BCUT2D eigenvalue weighted by molar-refractivity contribution is -0.114. The van der Waals surface area contributed by atoms with Gasteiger partial charge in [-0.15, -0.1) is 0 Å². The van der Waals surface area contributed by atoms with Crippen LogP contribution in [0.3, 0.4) is 0 Å². The van der Waals surface area contributed by atoms with Gasteiger partial charge in [-0.1, -0.05) is 17.7 Å². The number of halogens is 1. The highest BCUT2D eigenvalue weighted by Crippen LogP contribution is 2.26. The average molecular weight is 431 g/mol. The number of hydrogen-bond donors (Lipinski definition) is 2. The summed E-state index contributed by atoms with van der Waals surface area (Å²) in [4.78, 5) is 30.1. The maximum atomic E-state index is 12.6. The summed E-state index contributed by atoms with van der Waals surface area (Å²) < 4.78 is 5.57. The van der Waals surface area contributed by atoms with E-state index in [4.69, 9.17) is 16.3 Å². The van der Waals surface area contributed by atoms with Crippen LogP contribution in [0.1, 0.15) is 42.6 Å². The first kappa shape index (κ1) is 22.1. The van der Waals surface area contributed by atoms with Crippen LogP contribution in [0.2, 0.25) is 5.02 Å². The zero-order valence-electron chi connectivity index (χ0n) is 17.3. The minimum absolute atomic E-state index is 0.113. The van der Waals surface area contributed by atoms with Crippen LogP contribution < -0.4 is 15.4 Å². The summed E-state index contributed by atoms with van der Waals surface area (Å²) in [5.74, 6) is 0.344. The van der Waals surface area contributed by atoms with Crippen molar-refractivity contribution in [1.29, 1.82) is 0 Å². The van der Waals surface area contributed by atoms with Crippen molar-refractivity contribution in [1.82, 2.24) is 15.2 Å². The number of nitrogens with zero attached hydrogens (tertiary/aromatic N) is 2.